The molecule has 0 aliphatic rings. The van der Waals surface area contributed by atoms with Crippen LogP contribution in [0.4, 0.5) is 0 Å². The standard InChI is InChI=1S/C12H14Cl2N2.C2H6/c1-4-7(2)9-6-16(3)12-8(9)5-10(13)11(14)15-12;1-2/h5-7H,4H2,1-3H3;1-2H3. The molecule has 2 nitrogen and oxygen atoms in total. The molecule has 0 amide bonds. The summed E-state index contributed by atoms with van der Waals surface area (Å²) in [6.45, 7) is 8.38. The van der Waals surface area contributed by atoms with Crippen LogP contribution >= 0.6 is 23.2 Å². The third-order valence-corrected chi connectivity index (χ3v) is 3.71. The summed E-state index contributed by atoms with van der Waals surface area (Å²) in [5.74, 6) is 0.503. The first-order valence-electron chi connectivity index (χ1n) is 6.35. The van der Waals surface area contributed by atoms with E-state index in [0.717, 1.165) is 17.5 Å². The summed E-state index contributed by atoms with van der Waals surface area (Å²) in [5, 5.41) is 1.99. The molecule has 0 saturated heterocycles. The summed E-state index contributed by atoms with van der Waals surface area (Å²) in [6, 6.07) is 1.91. The van der Waals surface area contributed by atoms with E-state index in [9.17, 15) is 0 Å². The van der Waals surface area contributed by atoms with E-state index in [1.54, 1.807) is 0 Å². The second kappa shape index (κ2) is 6.44. The summed E-state index contributed by atoms with van der Waals surface area (Å²) >= 11 is 11.9. The van der Waals surface area contributed by atoms with Gasteiger partial charge in [0.2, 0.25) is 0 Å². The Morgan fingerprint density at radius 3 is 2.50 bits per heavy atom. The first kappa shape index (κ1) is 15.3. The van der Waals surface area contributed by atoms with E-state index in [4.69, 9.17) is 23.2 Å². The Morgan fingerprint density at radius 2 is 1.94 bits per heavy atom. The lowest BCUT2D eigenvalue weighted by Crippen LogP contribution is -1.89. The van der Waals surface area contributed by atoms with Gasteiger partial charge < -0.3 is 4.57 Å². The van der Waals surface area contributed by atoms with E-state index in [2.05, 4.69) is 25.0 Å². The number of fused-ring (bicyclic) bond motifs is 1. The molecule has 0 fully saturated rings. The van der Waals surface area contributed by atoms with Crippen molar-refractivity contribution in [2.75, 3.05) is 0 Å². The van der Waals surface area contributed by atoms with Gasteiger partial charge in [-0.3, -0.25) is 0 Å². The lowest BCUT2D eigenvalue weighted by molar-refractivity contribution is 0.734. The molecule has 2 rings (SSSR count). The van der Waals surface area contributed by atoms with Crippen molar-refractivity contribution in [2.24, 2.45) is 7.05 Å². The summed E-state index contributed by atoms with van der Waals surface area (Å²) < 4.78 is 2.00. The molecule has 0 aromatic carbocycles. The molecule has 2 aromatic rings. The Bertz CT molecular complexity index is 532. The molecule has 4 heteroatoms. The lowest BCUT2D eigenvalue weighted by atomic mass is 9.99. The number of rotatable bonds is 2. The molecule has 0 aliphatic heterocycles. The smallest absolute Gasteiger partial charge is 0.150 e. The predicted molar refractivity (Wildman–Crippen MR) is 80.8 cm³/mol. The maximum atomic E-state index is 6.01. The van der Waals surface area contributed by atoms with Crippen molar-refractivity contribution in [3.8, 4) is 0 Å². The molecule has 0 N–H and O–H groups in total. The molecule has 2 aromatic heterocycles. The van der Waals surface area contributed by atoms with Crippen LogP contribution in [0.5, 0.6) is 0 Å². The molecular formula is C14H20Cl2N2. The summed E-state index contributed by atoms with van der Waals surface area (Å²) in [4.78, 5) is 4.31. The monoisotopic (exact) mass is 286 g/mol. The van der Waals surface area contributed by atoms with Gasteiger partial charge in [-0.25, -0.2) is 4.98 Å². The minimum atomic E-state index is 0.367. The summed E-state index contributed by atoms with van der Waals surface area (Å²) in [6.07, 6.45) is 3.21. The third-order valence-electron chi connectivity index (χ3n) is 3.03. The molecule has 0 radical (unpaired) electrons. The molecule has 2 heterocycles. The summed E-state index contributed by atoms with van der Waals surface area (Å²) in [5.41, 5.74) is 2.18. The van der Waals surface area contributed by atoms with Gasteiger partial charge in [0.15, 0.2) is 0 Å². The van der Waals surface area contributed by atoms with Gasteiger partial charge in [-0.05, 0) is 24.0 Å². The largest absolute Gasteiger partial charge is 0.335 e. The van der Waals surface area contributed by atoms with Gasteiger partial charge in [-0.1, -0.05) is 50.9 Å². The average molecular weight is 287 g/mol. The molecule has 18 heavy (non-hydrogen) atoms. The highest BCUT2D eigenvalue weighted by atomic mass is 35.5. The van der Waals surface area contributed by atoms with E-state index in [1.807, 2.05) is 31.5 Å². The van der Waals surface area contributed by atoms with Crippen LogP contribution in [0.25, 0.3) is 11.0 Å². The maximum Gasteiger partial charge on any atom is 0.150 e. The maximum absolute atomic E-state index is 6.01. The third kappa shape index (κ3) is 2.81. The highest BCUT2D eigenvalue weighted by Crippen LogP contribution is 2.32. The highest BCUT2D eigenvalue weighted by molar-refractivity contribution is 6.41. The minimum Gasteiger partial charge on any atom is -0.335 e. The van der Waals surface area contributed by atoms with Crippen molar-refractivity contribution in [3.63, 3.8) is 0 Å². The number of aromatic nitrogens is 2. The number of pyridine rings is 1. The molecular weight excluding hydrogens is 267 g/mol. The zero-order chi connectivity index (χ0) is 13.9. The molecule has 0 saturated carbocycles. The second-order valence-electron chi connectivity index (χ2n) is 4.14. The number of halogens is 2. The Morgan fingerprint density at radius 1 is 1.33 bits per heavy atom. The van der Waals surface area contributed by atoms with Gasteiger partial charge in [0.25, 0.3) is 0 Å². The Kier molecular flexibility index (Phi) is 5.48. The number of hydrogen-bond acceptors (Lipinski definition) is 1. The van der Waals surface area contributed by atoms with Crippen molar-refractivity contribution < 1.29 is 0 Å². The Balaban J connectivity index is 0.000000771. The first-order chi connectivity index (χ1) is 8.54. The number of nitrogens with zero attached hydrogens (tertiary/aromatic N) is 2. The van der Waals surface area contributed by atoms with Gasteiger partial charge in [-0.2, -0.15) is 0 Å². The fraction of sp³-hybridized carbons (Fsp3) is 0.500. The predicted octanol–water partition coefficient (Wildman–Crippen LogP) is 5.42. The van der Waals surface area contributed by atoms with Crippen molar-refractivity contribution in [2.45, 2.75) is 40.0 Å². The van der Waals surface area contributed by atoms with Gasteiger partial charge in [0.1, 0.15) is 10.8 Å². The fourth-order valence-electron chi connectivity index (χ4n) is 1.89. The SMILES string of the molecule is CC.CCC(C)c1cn(C)c2nc(Cl)c(Cl)cc12. The molecule has 0 bridgehead atoms. The molecule has 1 atom stereocenters. The van der Waals surface area contributed by atoms with Gasteiger partial charge in [0, 0.05) is 18.6 Å². The zero-order valence-corrected chi connectivity index (χ0v) is 13.1. The normalized spacial score (nSPS) is 12.2. The number of hydrogen-bond donors (Lipinski definition) is 0. The fourth-order valence-corrected chi connectivity index (χ4v) is 2.18. The molecule has 0 spiro atoms. The quantitative estimate of drug-likeness (QED) is 0.674. The van der Waals surface area contributed by atoms with Gasteiger partial charge in [0.05, 0.1) is 5.02 Å². The van der Waals surface area contributed by atoms with E-state index >= 15 is 0 Å². The van der Waals surface area contributed by atoms with Gasteiger partial charge >= 0.3 is 0 Å². The van der Waals surface area contributed by atoms with Crippen LogP contribution in [0, 0.1) is 0 Å². The Labute approximate surface area is 119 Å². The van der Waals surface area contributed by atoms with E-state index < -0.39 is 0 Å². The van der Waals surface area contributed by atoms with Gasteiger partial charge in [-0.15, -0.1) is 0 Å². The van der Waals surface area contributed by atoms with Crippen molar-refractivity contribution in [3.05, 3.63) is 28.0 Å². The van der Waals surface area contributed by atoms with Crippen LogP contribution in [0.3, 0.4) is 0 Å². The van der Waals surface area contributed by atoms with E-state index in [1.165, 1.54) is 5.56 Å². The van der Waals surface area contributed by atoms with Crippen LogP contribution in [-0.4, -0.2) is 9.55 Å². The van der Waals surface area contributed by atoms with E-state index in [0.29, 0.717) is 16.1 Å². The Hall–Kier alpha value is -0.730. The molecule has 100 valence electrons. The first-order valence-corrected chi connectivity index (χ1v) is 7.11. The second-order valence-corrected chi connectivity index (χ2v) is 4.90. The van der Waals surface area contributed by atoms with Crippen LogP contribution in [0.1, 0.15) is 45.6 Å². The van der Waals surface area contributed by atoms with Crippen LogP contribution in [0.2, 0.25) is 10.2 Å². The van der Waals surface area contributed by atoms with Crippen molar-refractivity contribution in [1.29, 1.82) is 0 Å². The summed E-state index contributed by atoms with van der Waals surface area (Å²) in [7, 11) is 1.98. The van der Waals surface area contributed by atoms with Crippen LogP contribution in [-0.2, 0) is 7.05 Å². The lowest BCUT2D eigenvalue weighted by Gasteiger charge is -2.06. The average Bonchev–Trinajstić information content (AvgIpc) is 2.69. The van der Waals surface area contributed by atoms with Crippen molar-refractivity contribution in [1.82, 2.24) is 9.55 Å². The van der Waals surface area contributed by atoms with Crippen LogP contribution < -0.4 is 0 Å². The van der Waals surface area contributed by atoms with Crippen molar-refractivity contribution >= 4 is 34.2 Å². The highest BCUT2D eigenvalue weighted by Gasteiger charge is 2.14. The van der Waals surface area contributed by atoms with Crippen LogP contribution in [0.15, 0.2) is 12.3 Å². The molecule has 0 aliphatic carbocycles. The van der Waals surface area contributed by atoms with E-state index in [-0.39, 0.29) is 0 Å². The number of aryl methyl sites for hydroxylation is 1. The zero-order valence-electron chi connectivity index (χ0n) is 11.6. The molecule has 1 unspecified atom stereocenters. The minimum absolute atomic E-state index is 0.367. The topological polar surface area (TPSA) is 17.8 Å².